The highest BCUT2D eigenvalue weighted by Gasteiger charge is 2.31. The second-order valence-corrected chi connectivity index (χ2v) is 3.15. The minimum absolute atomic E-state index is 0.203. The van der Waals surface area contributed by atoms with Crippen LogP contribution in [0.1, 0.15) is 5.56 Å². The highest BCUT2D eigenvalue weighted by molar-refractivity contribution is 5.51. The number of nitriles is 2. The molecule has 18 heavy (non-hydrogen) atoms. The summed E-state index contributed by atoms with van der Waals surface area (Å²) in [6.45, 7) is 0. The molecule has 0 radical (unpaired) electrons. The zero-order chi connectivity index (χ0) is 13.8. The van der Waals surface area contributed by atoms with E-state index in [1.807, 2.05) is 0 Å². The lowest BCUT2D eigenvalue weighted by Gasteiger charge is -2.09. The smallest absolute Gasteiger partial charge is 0.360 e. The van der Waals surface area contributed by atoms with Crippen LogP contribution in [0.4, 0.5) is 23.2 Å². The van der Waals surface area contributed by atoms with Gasteiger partial charge >= 0.3 is 6.18 Å². The molecule has 0 saturated heterocycles. The average molecular weight is 255 g/mol. The molecule has 0 unspecified atom stereocenters. The van der Waals surface area contributed by atoms with Gasteiger partial charge < -0.3 is 5.32 Å². The number of allylic oxidation sites excluding steroid dienone is 1. The summed E-state index contributed by atoms with van der Waals surface area (Å²) in [7, 11) is 0. The summed E-state index contributed by atoms with van der Waals surface area (Å²) >= 11 is 0. The number of alkyl halides is 3. The Morgan fingerprint density at radius 1 is 1.17 bits per heavy atom. The number of hydrogen-bond donors (Lipinski definition) is 1. The van der Waals surface area contributed by atoms with Gasteiger partial charge in [-0.05, 0) is 18.2 Å². The monoisotopic (exact) mass is 255 g/mol. The second kappa shape index (κ2) is 5.19. The molecule has 0 aliphatic rings. The molecule has 0 aromatic heterocycles. The fourth-order valence-corrected chi connectivity index (χ4v) is 1.08. The van der Waals surface area contributed by atoms with Crippen molar-refractivity contribution < 1.29 is 17.6 Å². The summed E-state index contributed by atoms with van der Waals surface area (Å²) in [5.41, 5.74) is -1.70. The Bertz CT molecular complexity index is 545. The molecule has 0 amide bonds. The number of benzene rings is 1. The van der Waals surface area contributed by atoms with Gasteiger partial charge in [0.1, 0.15) is 23.5 Å². The molecule has 0 spiro atoms. The molecule has 1 aromatic rings. The molecule has 92 valence electrons. The third-order valence-electron chi connectivity index (χ3n) is 1.85. The Balaban J connectivity index is 3.06. The zero-order valence-corrected chi connectivity index (χ0v) is 8.72. The van der Waals surface area contributed by atoms with Gasteiger partial charge in [-0.25, -0.2) is 4.39 Å². The van der Waals surface area contributed by atoms with Crippen molar-refractivity contribution in [3.63, 3.8) is 0 Å². The lowest BCUT2D eigenvalue weighted by Crippen LogP contribution is -2.06. The Morgan fingerprint density at radius 3 is 2.28 bits per heavy atom. The SMILES string of the molecule is N#CC(C#N)=CNc1cc(F)cc(C(F)(F)F)c1. The first-order valence-corrected chi connectivity index (χ1v) is 4.51. The largest absolute Gasteiger partial charge is 0.416 e. The molecular formula is C11H5F4N3. The van der Waals surface area contributed by atoms with Crippen LogP contribution in [0, 0.1) is 28.5 Å². The molecule has 0 heterocycles. The van der Waals surface area contributed by atoms with E-state index in [1.54, 1.807) is 0 Å². The van der Waals surface area contributed by atoms with Crippen molar-refractivity contribution in [1.29, 1.82) is 10.5 Å². The Hall–Kier alpha value is -2.54. The summed E-state index contributed by atoms with van der Waals surface area (Å²) in [4.78, 5) is 0. The van der Waals surface area contributed by atoms with E-state index in [9.17, 15) is 17.6 Å². The van der Waals surface area contributed by atoms with Crippen LogP contribution >= 0.6 is 0 Å². The summed E-state index contributed by atoms with van der Waals surface area (Å²) in [5.74, 6) is -1.07. The third-order valence-corrected chi connectivity index (χ3v) is 1.85. The van der Waals surface area contributed by atoms with Crippen molar-refractivity contribution in [3.05, 3.63) is 41.4 Å². The van der Waals surface area contributed by atoms with Crippen LogP contribution < -0.4 is 5.32 Å². The van der Waals surface area contributed by atoms with Crippen molar-refractivity contribution in [2.24, 2.45) is 0 Å². The van der Waals surface area contributed by atoms with Gasteiger partial charge in [0.05, 0.1) is 5.56 Å². The molecule has 0 atom stereocenters. The standard InChI is InChI=1S/C11H5F4N3/c12-9-1-8(11(13,14)15)2-10(3-9)18-6-7(4-16)5-17/h1-3,6,18H. The molecule has 0 saturated carbocycles. The quantitative estimate of drug-likeness (QED) is 0.652. The van der Waals surface area contributed by atoms with E-state index in [0.29, 0.717) is 12.1 Å². The molecule has 1 aromatic carbocycles. The van der Waals surface area contributed by atoms with E-state index < -0.39 is 17.6 Å². The second-order valence-electron chi connectivity index (χ2n) is 3.15. The van der Waals surface area contributed by atoms with Crippen molar-refractivity contribution in [2.45, 2.75) is 6.18 Å². The van der Waals surface area contributed by atoms with Crippen molar-refractivity contribution in [1.82, 2.24) is 0 Å². The van der Waals surface area contributed by atoms with E-state index in [0.717, 1.165) is 12.3 Å². The predicted octanol–water partition coefficient (Wildman–Crippen LogP) is 3.19. The molecule has 0 aliphatic heterocycles. The van der Waals surface area contributed by atoms with Gasteiger partial charge in [-0.15, -0.1) is 0 Å². The highest BCUT2D eigenvalue weighted by atomic mass is 19.4. The number of nitrogens with one attached hydrogen (secondary N) is 1. The predicted molar refractivity (Wildman–Crippen MR) is 54.3 cm³/mol. The molecule has 1 rings (SSSR count). The third kappa shape index (κ3) is 3.49. The number of nitrogens with zero attached hydrogens (tertiary/aromatic N) is 2. The number of anilines is 1. The number of halogens is 4. The summed E-state index contributed by atoms with van der Waals surface area (Å²) < 4.78 is 50.0. The van der Waals surface area contributed by atoms with Gasteiger partial charge in [-0.1, -0.05) is 0 Å². The molecule has 1 N–H and O–H groups in total. The van der Waals surface area contributed by atoms with E-state index in [-0.39, 0.29) is 11.3 Å². The molecule has 3 nitrogen and oxygen atoms in total. The summed E-state index contributed by atoms with van der Waals surface area (Å²) in [5, 5.41) is 19.1. The number of rotatable bonds is 2. The summed E-state index contributed by atoms with van der Waals surface area (Å²) in [6, 6.07) is 4.85. The first kappa shape index (κ1) is 13.5. The zero-order valence-electron chi connectivity index (χ0n) is 8.72. The summed E-state index contributed by atoms with van der Waals surface area (Å²) in [6.07, 6.45) is -3.77. The molecule has 0 aliphatic carbocycles. The van der Waals surface area contributed by atoms with Crippen molar-refractivity contribution in [3.8, 4) is 12.1 Å². The fraction of sp³-hybridized carbons (Fsp3) is 0.0909. The van der Waals surface area contributed by atoms with Crippen molar-refractivity contribution in [2.75, 3.05) is 5.32 Å². The van der Waals surface area contributed by atoms with Crippen LogP contribution in [0.25, 0.3) is 0 Å². The van der Waals surface area contributed by atoms with Gasteiger partial charge in [0.15, 0.2) is 0 Å². The Morgan fingerprint density at radius 2 is 1.78 bits per heavy atom. The van der Waals surface area contributed by atoms with Crippen LogP contribution in [0.15, 0.2) is 30.0 Å². The van der Waals surface area contributed by atoms with Gasteiger partial charge in [0.25, 0.3) is 0 Å². The van der Waals surface area contributed by atoms with E-state index in [1.165, 1.54) is 12.1 Å². The normalized spacial score (nSPS) is 10.1. The Kier molecular flexibility index (Phi) is 3.90. The van der Waals surface area contributed by atoms with Crippen LogP contribution in [-0.2, 0) is 6.18 Å². The van der Waals surface area contributed by atoms with Crippen molar-refractivity contribution >= 4 is 5.69 Å². The fourth-order valence-electron chi connectivity index (χ4n) is 1.08. The average Bonchev–Trinajstić information content (AvgIpc) is 2.28. The van der Waals surface area contributed by atoms with Gasteiger partial charge in [-0.3, -0.25) is 0 Å². The minimum Gasteiger partial charge on any atom is -0.360 e. The maximum atomic E-state index is 13.0. The van der Waals surface area contributed by atoms with Gasteiger partial charge in [0, 0.05) is 11.9 Å². The van der Waals surface area contributed by atoms with Crippen LogP contribution in [0.3, 0.4) is 0 Å². The first-order chi connectivity index (χ1) is 8.36. The van der Waals surface area contributed by atoms with Crippen LogP contribution in [0.2, 0.25) is 0 Å². The molecule has 0 bridgehead atoms. The van der Waals surface area contributed by atoms with Gasteiger partial charge in [0.2, 0.25) is 0 Å². The topological polar surface area (TPSA) is 59.6 Å². The van der Waals surface area contributed by atoms with Crippen LogP contribution in [0.5, 0.6) is 0 Å². The minimum atomic E-state index is -4.67. The maximum Gasteiger partial charge on any atom is 0.416 e. The van der Waals surface area contributed by atoms with Crippen LogP contribution in [-0.4, -0.2) is 0 Å². The van der Waals surface area contributed by atoms with E-state index >= 15 is 0 Å². The van der Waals surface area contributed by atoms with E-state index in [2.05, 4.69) is 5.32 Å². The van der Waals surface area contributed by atoms with E-state index in [4.69, 9.17) is 10.5 Å². The molecule has 7 heteroatoms. The highest BCUT2D eigenvalue weighted by Crippen LogP contribution is 2.31. The maximum absolute atomic E-state index is 13.0. The molecular weight excluding hydrogens is 250 g/mol. The van der Waals surface area contributed by atoms with Gasteiger partial charge in [-0.2, -0.15) is 23.7 Å². The number of hydrogen-bond acceptors (Lipinski definition) is 3. The lowest BCUT2D eigenvalue weighted by molar-refractivity contribution is -0.137. The lowest BCUT2D eigenvalue weighted by atomic mass is 10.2. The first-order valence-electron chi connectivity index (χ1n) is 4.51. The Labute approximate surface area is 99.6 Å². The molecule has 0 fully saturated rings.